The van der Waals surface area contributed by atoms with E-state index in [1.54, 1.807) is 34.1 Å². The third kappa shape index (κ3) is 5.53. The van der Waals surface area contributed by atoms with Gasteiger partial charge in [0.2, 0.25) is 0 Å². The Morgan fingerprint density at radius 2 is 1.83 bits per heavy atom. The van der Waals surface area contributed by atoms with Gasteiger partial charge in [0.25, 0.3) is 11.8 Å². The van der Waals surface area contributed by atoms with Crippen molar-refractivity contribution in [2.75, 3.05) is 32.8 Å². The molecule has 3 rings (SSSR count). The fraction of sp³-hybridized carbons (Fsp3) is 0.316. The predicted molar refractivity (Wildman–Crippen MR) is 97.8 cm³/mol. The molecule has 0 spiro atoms. The van der Waals surface area contributed by atoms with Gasteiger partial charge in [-0.15, -0.1) is 0 Å². The number of amides is 2. The summed E-state index contributed by atoms with van der Waals surface area (Å²) < 4.78 is 34.2. The summed E-state index contributed by atoms with van der Waals surface area (Å²) in [5.41, 5.74) is 0.297. The van der Waals surface area contributed by atoms with Crippen molar-refractivity contribution in [3.8, 4) is 5.75 Å². The van der Waals surface area contributed by atoms with E-state index in [1.807, 2.05) is 0 Å². The molecule has 0 N–H and O–H groups in total. The topological polar surface area (TPSA) is 84.6 Å². The number of hydrogen-bond acceptors (Lipinski definition) is 6. The lowest BCUT2D eigenvalue weighted by Crippen LogP contribution is -2.51. The van der Waals surface area contributed by atoms with Crippen LogP contribution in [0.2, 0.25) is 0 Å². The van der Waals surface area contributed by atoms with Crippen LogP contribution in [0.25, 0.3) is 0 Å². The lowest BCUT2D eigenvalue weighted by molar-refractivity contribution is -0.137. The molecule has 0 atom stereocenters. The minimum absolute atomic E-state index is 0.0430. The smallest absolute Gasteiger partial charge is 0.387 e. The van der Waals surface area contributed by atoms with Crippen LogP contribution in [0.1, 0.15) is 16.1 Å². The van der Waals surface area contributed by atoms with Crippen LogP contribution in [0.3, 0.4) is 0 Å². The Balaban J connectivity index is 1.44. The van der Waals surface area contributed by atoms with Gasteiger partial charge in [0.15, 0.2) is 12.4 Å². The molecule has 0 radical (unpaired) electrons. The maximum Gasteiger partial charge on any atom is 0.387 e. The first kappa shape index (κ1) is 20.3. The van der Waals surface area contributed by atoms with E-state index in [4.69, 9.17) is 9.25 Å². The zero-order valence-electron chi connectivity index (χ0n) is 15.4. The first-order chi connectivity index (χ1) is 14.0. The van der Waals surface area contributed by atoms with Crippen molar-refractivity contribution < 1.29 is 32.4 Å². The minimum atomic E-state index is -2.95. The molecule has 1 aromatic heterocycles. The second-order valence-electron chi connectivity index (χ2n) is 6.07. The van der Waals surface area contributed by atoms with Gasteiger partial charge in [0.1, 0.15) is 5.75 Å². The molecule has 2 aromatic rings. The van der Waals surface area contributed by atoms with Crippen molar-refractivity contribution in [2.45, 2.75) is 6.61 Å². The molecular weight excluding hydrogens is 388 g/mol. The molecule has 29 heavy (non-hydrogen) atoms. The highest BCUT2D eigenvalue weighted by Crippen LogP contribution is 2.18. The largest absolute Gasteiger partial charge is 0.459 e. The third-order valence-corrected chi connectivity index (χ3v) is 4.24. The van der Waals surface area contributed by atoms with E-state index in [0.717, 1.165) is 0 Å². The predicted octanol–water partition coefficient (Wildman–Crippen LogP) is 2.22. The SMILES string of the molecule is O=C(CO/N=C\c1ccccc1OC(F)F)N1CCN(C(=O)c2ccco2)CC1. The van der Waals surface area contributed by atoms with Gasteiger partial charge in [0, 0.05) is 31.7 Å². The molecule has 1 aromatic carbocycles. The van der Waals surface area contributed by atoms with Crippen molar-refractivity contribution in [3.05, 3.63) is 54.0 Å². The molecule has 1 aliphatic heterocycles. The Kier molecular flexibility index (Phi) is 6.77. The molecule has 0 saturated carbocycles. The van der Waals surface area contributed by atoms with Crippen LogP contribution < -0.4 is 4.74 Å². The number of piperazine rings is 1. The highest BCUT2D eigenvalue weighted by atomic mass is 19.3. The number of carbonyl (C=O) groups is 2. The summed E-state index contributed by atoms with van der Waals surface area (Å²) in [7, 11) is 0. The molecule has 8 nitrogen and oxygen atoms in total. The fourth-order valence-electron chi connectivity index (χ4n) is 2.78. The van der Waals surface area contributed by atoms with Gasteiger partial charge < -0.3 is 23.8 Å². The van der Waals surface area contributed by atoms with Crippen LogP contribution in [0.5, 0.6) is 5.75 Å². The van der Waals surface area contributed by atoms with Crippen LogP contribution in [-0.4, -0.2) is 67.2 Å². The molecule has 1 aliphatic rings. The molecule has 10 heteroatoms. The van der Waals surface area contributed by atoms with E-state index in [2.05, 4.69) is 9.89 Å². The zero-order valence-corrected chi connectivity index (χ0v) is 15.4. The lowest BCUT2D eigenvalue weighted by Gasteiger charge is -2.34. The summed E-state index contributed by atoms with van der Waals surface area (Å²) in [4.78, 5) is 32.6. The van der Waals surface area contributed by atoms with Gasteiger partial charge in [-0.05, 0) is 24.3 Å². The highest BCUT2D eigenvalue weighted by Gasteiger charge is 2.26. The van der Waals surface area contributed by atoms with Crippen molar-refractivity contribution in [2.24, 2.45) is 5.16 Å². The molecule has 154 valence electrons. The van der Waals surface area contributed by atoms with E-state index >= 15 is 0 Å². The Morgan fingerprint density at radius 1 is 1.10 bits per heavy atom. The number of para-hydroxylation sites is 1. The van der Waals surface area contributed by atoms with Crippen LogP contribution in [-0.2, 0) is 9.63 Å². The number of alkyl halides is 2. The number of halogens is 2. The number of nitrogens with zero attached hydrogens (tertiary/aromatic N) is 3. The molecule has 0 bridgehead atoms. The van der Waals surface area contributed by atoms with E-state index < -0.39 is 6.61 Å². The van der Waals surface area contributed by atoms with E-state index in [-0.39, 0.29) is 29.9 Å². The maximum atomic E-state index is 12.4. The van der Waals surface area contributed by atoms with Crippen LogP contribution in [0.4, 0.5) is 8.78 Å². The molecule has 0 unspecified atom stereocenters. The number of ether oxygens (including phenoxy) is 1. The minimum Gasteiger partial charge on any atom is -0.459 e. The number of hydrogen-bond donors (Lipinski definition) is 0. The van der Waals surface area contributed by atoms with Crippen molar-refractivity contribution in [1.29, 1.82) is 0 Å². The molecule has 2 heterocycles. The van der Waals surface area contributed by atoms with Gasteiger partial charge in [-0.3, -0.25) is 9.59 Å². The summed E-state index contributed by atoms with van der Waals surface area (Å²) in [6.45, 7) is -1.77. The number of furan rings is 1. The van der Waals surface area contributed by atoms with Crippen LogP contribution in [0, 0.1) is 0 Å². The zero-order chi connectivity index (χ0) is 20.6. The number of benzene rings is 1. The molecule has 1 saturated heterocycles. The molecule has 2 amide bonds. The van der Waals surface area contributed by atoms with Crippen molar-refractivity contribution in [3.63, 3.8) is 0 Å². The Bertz CT molecular complexity index is 849. The third-order valence-electron chi connectivity index (χ3n) is 4.24. The van der Waals surface area contributed by atoms with Crippen LogP contribution >= 0.6 is 0 Å². The Labute approximate surface area is 165 Å². The van der Waals surface area contributed by atoms with Gasteiger partial charge in [0.05, 0.1) is 12.5 Å². The van der Waals surface area contributed by atoms with Crippen LogP contribution in [0.15, 0.2) is 52.2 Å². The maximum absolute atomic E-state index is 12.4. The molecule has 1 fully saturated rings. The van der Waals surface area contributed by atoms with Gasteiger partial charge in [-0.25, -0.2) is 0 Å². The summed E-state index contributed by atoms with van der Waals surface area (Å²) >= 11 is 0. The van der Waals surface area contributed by atoms with Gasteiger partial charge >= 0.3 is 6.61 Å². The average molecular weight is 407 g/mol. The van der Waals surface area contributed by atoms with Gasteiger partial charge in [-0.2, -0.15) is 8.78 Å². The lowest BCUT2D eigenvalue weighted by atomic mass is 10.2. The van der Waals surface area contributed by atoms with E-state index in [0.29, 0.717) is 31.7 Å². The first-order valence-electron chi connectivity index (χ1n) is 8.84. The number of rotatable bonds is 7. The second-order valence-corrected chi connectivity index (χ2v) is 6.07. The fourth-order valence-corrected chi connectivity index (χ4v) is 2.78. The normalized spacial score (nSPS) is 14.4. The summed E-state index contributed by atoms with van der Waals surface area (Å²) in [5.74, 6) is -0.283. The first-order valence-corrected chi connectivity index (χ1v) is 8.84. The monoisotopic (exact) mass is 407 g/mol. The average Bonchev–Trinajstić information content (AvgIpc) is 3.26. The standard InChI is InChI=1S/C19H19F2N3O5/c20-19(21)29-15-5-2-1-4-14(15)12-22-28-13-17(25)23-7-9-24(10-8-23)18(26)16-6-3-11-27-16/h1-6,11-12,19H,7-10,13H2/b22-12-. The molecule has 0 aliphatic carbocycles. The van der Waals surface area contributed by atoms with E-state index in [9.17, 15) is 18.4 Å². The highest BCUT2D eigenvalue weighted by molar-refractivity contribution is 5.91. The quantitative estimate of drug-likeness (QED) is 0.519. The van der Waals surface area contributed by atoms with Crippen molar-refractivity contribution >= 4 is 18.0 Å². The summed E-state index contributed by atoms with van der Waals surface area (Å²) in [6.07, 6.45) is 2.63. The van der Waals surface area contributed by atoms with Gasteiger partial charge in [-0.1, -0.05) is 17.3 Å². The van der Waals surface area contributed by atoms with Crippen molar-refractivity contribution in [1.82, 2.24) is 9.80 Å². The molecular formula is C19H19F2N3O5. The summed E-state index contributed by atoms with van der Waals surface area (Å²) in [5, 5.41) is 3.65. The summed E-state index contributed by atoms with van der Waals surface area (Å²) in [6, 6.07) is 9.33. The second kappa shape index (κ2) is 9.67. The number of carbonyl (C=O) groups excluding carboxylic acids is 2. The number of oxime groups is 1. The van der Waals surface area contributed by atoms with E-state index in [1.165, 1.54) is 24.6 Å². The Hall–Kier alpha value is -3.43. The Morgan fingerprint density at radius 3 is 2.52 bits per heavy atom.